The molecule has 0 aromatic heterocycles. The van der Waals surface area contributed by atoms with E-state index in [1.807, 2.05) is 0 Å². The molecule has 0 saturated carbocycles. The Kier molecular flexibility index (Phi) is 10.9. The fourth-order valence-corrected chi connectivity index (χ4v) is 2.30. The molecular formula is C14H29BBrN2. The first-order valence-electron chi connectivity index (χ1n) is 7.41. The molecule has 0 saturated heterocycles. The Morgan fingerprint density at radius 1 is 0.944 bits per heavy atom. The molecule has 105 valence electrons. The van der Waals surface area contributed by atoms with Gasteiger partial charge >= 0.3 is 5.67 Å². The minimum Gasteiger partial charge on any atom is -0.520 e. The van der Waals surface area contributed by atoms with Gasteiger partial charge < -0.3 is 4.39 Å². The molecule has 0 aliphatic rings. The molecule has 0 fully saturated rings. The average molecular weight is 316 g/mol. The van der Waals surface area contributed by atoms with Crippen molar-refractivity contribution in [2.75, 3.05) is 20.6 Å². The normalized spacial score (nSPS) is 11.8. The van der Waals surface area contributed by atoms with Crippen molar-refractivity contribution in [3.8, 4) is 5.97 Å². The third-order valence-electron chi connectivity index (χ3n) is 3.56. The number of nitriles is 1. The summed E-state index contributed by atoms with van der Waals surface area (Å²) in [5.41, 5.74) is -0.0773. The lowest BCUT2D eigenvalue weighted by Crippen LogP contribution is -2.49. The summed E-state index contributed by atoms with van der Waals surface area (Å²) in [6, 6.07) is 0. The van der Waals surface area contributed by atoms with Crippen molar-refractivity contribution >= 4 is 21.4 Å². The number of halogens is 1. The number of unbranched alkanes of at least 4 members (excludes halogenated alkanes) is 8. The van der Waals surface area contributed by atoms with Crippen LogP contribution in [-0.4, -0.2) is 30.7 Å². The van der Waals surface area contributed by atoms with E-state index in [0.29, 0.717) is 0 Å². The summed E-state index contributed by atoms with van der Waals surface area (Å²) in [6.07, 6.45) is 12.2. The molecule has 0 bridgehead atoms. The van der Waals surface area contributed by atoms with Crippen molar-refractivity contribution < 1.29 is 4.39 Å². The summed E-state index contributed by atoms with van der Waals surface area (Å²) in [6.45, 7) is 3.34. The van der Waals surface area contributed by atoms with Gasteiger partial charge in [-0.25, -0.2) is 5.26 Å². The van der Waals surface area contributed by atoms with Crippen molar-refractivity contribution in [2.45, 2.75) is 64.7 Å². The van der Waals surface area contributed by atoms with Crippen molar-refractivity contribution in [1.29, 1.82) is 5.26 Å². The highest BCUT2D eigenvalue weighted by molar-refractivity contribution is 9.24. The summed E-state index contributed by atoms with van der Waals surface area (Å²) in [5.74, 6) is 2.27. The lowest BCUT2D eigenvalue weighted by Gasteiger charge is -2.42. The molecule has 2 nitrogen and oxygen atoms in total. The Hall–Kier alpha value is -0.00506. The van der Waals surface area contributed by atoms with E-state index in [4.69, 9.17) is 5.26 Å². The molecule has 0 aliphatic carbocycles. The van der Waals surface area contributed by atoms with E-state index in [0.717, 1.165) is 10.9 Å². The summed E-state index contributed by atoms with van der Waals surface area (Å²) < 4.78 is 0.757. The molecule has 0 unspecified atom stereocenters. The number of rotatable bonds is 11. The minimum atomic E-state index is -0.0773. The lowest BCUT2D eigenvalue weighted by atomic mass is 9.90. The first-order chi connectivity index (χ1) is 8.54. The monoisotopic (exact) mass is 315 g/mol. The van der Waals surface area contributed by atoms with Crippen LogP contribution in [0.5, 0.6) is 0 Å². The Balaban J connectivity index is 3.38. The average Bonchev–Trinajstić information content (AvgIpc) is 2.35. The lowest BCUT2D eigenvalue weighted by molar-refractivity contribution is -0.779. The maximum Gasteiger partial charge on any atom is 0.315 e. The highest BCUT2D eigenvalue weighted by atomic mass is 79.9. The highest BCUT2D eigenvalue weighted by Crippen LogP contribution is 2.13. The maximum absolute atomic E-state index is 8.90. The molecule has 1 radical (unpaired) electrons. The fraction of sp³-hybridized carbons (Fsp3) is 0.929. The molecule has 0 aromatic rings. The predicted octanol–water partition coefficient (Wildman–Crippen LogP) is 4.54. The van der Waals surface area contributed by atoms with Crippen molar-refractivity contribution in [3.63, 3.8) is 0 Å². The van der Waals surface area contributed by atoms with Gasteiger partial charge in [0.15, 0.2) is 0 Å². The zero-order chi connectivity index (χ0) is 13.9. The maximum atomic E-state index is 8.90. The van der Waals surface area contributed by atoms with E-state index in [1.165, 1.54) is 57.8 Å². The first kappa shape index (κ1) is 18.0. The van der Waals surface area contributed by atoms with E-state index in [-0.39, 0.29) is 5.67 Å². The second-order valence-corrected chi connectivity index (χ2v) is 6.66. The van der Waals surface area contributed by atoms with Crippen LogP contribution in [0, 0.1) is 11.2 Å². The standard InChI is InChI=1S/C14H29BBrN2/c1-4-5-6-7-8-9-10-11-12-13-18(2,3)15(16)14-17/h4-13H2,1-3H3. The second kappa shape index (κ2) is 10.9. The van der Waals surface area contributed by atoms with Crippen LogP contribution in [0.2, 0.25) is 0 Å². The molecule has 0 atom stereocenters. The van der Waals surface area contributed by atoms with Crippen molar-refractivity contribution in [2.24, 2.45) is 0 Å². The number of hydrogen-bond acceptors (Lipinski definition) is 1. The van der Waals surface area contributed by atoms with Gasteiger partial charge in [-0.15, -0.1) is 0 Å². The van der Waals surface area contributed by atoms with Gasteiger partial charge in [0.05, 0.1) is 0 Å². The number of hydrogen-bond donors (Lipinski definition) is 0. The predicted molar refractivity (Wildman–Crippen MR) is 84.5 cm³/mol. The molecule has 0 amide bonds. The zero-order valence-electron chi connectivity index (χ0n) is 12.4. The topological polar surface area (TPSA) is 23.8 Å². The molecule has 18 heavy (non-hydrogen) atoms. The summed E-state index contributed by atoms with van der Waals surface area (Å²) in [7, 11) is 4.24. The number of quaternary nitrogens is 1. The smallest absolute Gasteiger partial charge is 0.315 e. The quantitative estimate of drug-likeness (QED) is 0.405. The third-order valence-corrected chi connectivity index (χ3v) is 4.87. The Morgan fingerprint density at radius 3 is 1.83 bits per heavy atom. The van der Waals surface area contributed by atoms with Gasteiger partial charge in [-0.3, -0.25) is 15.8 Å². The molecule has 0 rings (SSSR count). The molecule has 0 spiro atoms. The van der Waals surface area contributed by atoms with Crippen LogP contribution in [0.15, 0.2) is 0 Å². The van der Waals surface area contributed by atoms with E-state index < -0.39 is 0 Å². The second-order valence-electron chi connectivity index (χ2n) is 5.80. The van der Waals surface area contributed by atoms with Crippen molar-refractivity contribution in [1.82, 2.24) is 0 Å². The Bertz CT molecular complexity index is 238. The van der Waals surface area contributed by atoms with E-state index >= 15 is 0 Å². The molecule has 0 aliphatic heterocycles. The summed E-state index contributed by atoms with van der Waals surface area (Å²) >= 11 is 3.43. The van der Waals surface area contributed by atoms with E-state index in [1.54, 1.807) is 0 Å². The van der Waals surface area contributed by atoms with Crippen LogP contribution in [0.4, 0.5) is 0 Å². The Labute approximate surface area is 122 Å². The summed E-state index contributed by atoms with van der Waals surface area (Å²) in [5, 5.41) is 8.90. The third kappa shape index (κ3) is 9.00. The van der Waals surface area contributed by atoms with Gasteiger partial charge in [0.25, 0.3) is 0 Å². The van der Waals surface area contributed by atoms with Gasteiger partial charge in [-0.05, 0) is 12.8 Å². The van der Waals surface area contributed by atoms with Crippen molar-refractivity contribution in [3.05, 3.63) is 0 Å². The zero-order valence-corrected chi connectivity index (χ0v) is 14.0. The Morgan fingerprint density at radius 2 is 1.39 bits per heavy atom. The molecule has 0 heterocycles. The van der Waals surface area contributed by atoms with Crippen LogP contribution >= 0.6 is 15.8 Å². The largest absolute Gasteiger partial charge is 0.520 e. The van der Waals surface area contributed by atoms with E-state index in [9.17, 15) is 0 Å². The van der Waals surface area contributed by atoms with Crippen LogP contribution in [0.25, 0.3) is 0 Å². The van der Waals surface area contributed by atoms with Gasteiger partial charge in [0.1, 0.15) is 0 Å². The SMILES string of the molecule is CCCCCCCCCCC[N+](C)(C)[B-](Br)C#N. The van der Waals surface area contributed by atoms with Crippen LogP contribution < -0.4 is 0 Å². The molecule has 0 N–H and O–H groups in total. The summed E-state index contributed by atoms with van der Waals surface area (Å²) in [4.78, 5) is 0. The van der Waals surface area contributed by atoms with Gasteiger partial charge in [-0.1, -0.05) is 57.8 Å². The van der Waals surface area contributed by atoms with Gasteiger partial charge in [-0.2, -0.15) is 0 Å². The van der Waals surface area contributed by atoms with E-state index in [2.05, 4.69) is 42.7 Å². The molecule has 0 aromatic carbocycles. The molecular weight excluding hydrogens is 287 g/mol. The van der Waals surface area contributed by atoms with Crippen LogP contribution in [0.1, 0.15) is 64.7 Å². The van der Waals surface area contributed by atoms with Crippen LogP contribution in [0.3, 0.4) is 0 Å². The van der Waals surface area contributed by atoms with Crippen LogP contribution in [-0.2, 0) is 0 Å². The minimum absolute atomic E-state index is 0.0773. The van der Waals surface area contributed by atoms with Gasteiger partial charge in [0, 0.05) is 20.6 Å². The fourth-order valence-electron chi connectivity index (χ4n) is 2.10. The highest BCUT2D eigenvalue weighted by Gasteiger charge is 2.16. The number of nitrogens with zero attached hydrogens (tertiary/aromatic N) is 2. The van der Waals surface area contributed by atoms with Gasteiger partial charge in [0.2, 0.25) is 0 Å². The molecule has 4 heteroatoms. The first-order valence-corrected chi connectivity index (χ1v) is 8.32.